The Morgan fingerprint density at radius 2 is 2.00 bits per heavy atom. The molecule has 1 aliphatic rings. The van der Waals surface area contributed by atoms with Crippen LogP contribution in [0, 0.1) is 0 Å². The van der Waals surface area contributed by atoms with Crippen LogP contribution in [0.15, 0.2) is 36.4 Å². The van der Waals surface area contributed by atoms with E-state index in [0.29, 0.717) is 39.9 Å². The van der Waals surface area contributed by atoms with Crippen LogP contribution in [0.2, 0.25) is 10.0 Å². The second kappa shape index (κ2) is 8.84. The molecule has 3 N–H and O–H groups in total. The minimum absolute atomic E-state index is 0.252. The zero-order valence-electron chi connectivity index (χ0n) is 17.0. The molecular formula is C22H24Cl2N2O4. The fourth-order valence-electron chi connectivity index (χ4n) is 3.10. The van der Waals surface area contributed by atoms with Crippen LogP contribution < -0.4 is 15.8 Å². The number of aryl methyl sites for hydroxylation is 1. The van der Waals surface area contributed by atoms with Gasteiger partial charge in [-0.1, -0.05) is 35.3 Å². The number of carbonyl (C=O) groups excluding carboxylic acids is 2. The first-order chi connectivity index (χ1) is 14.1. The number of esters is 1. The zero-order chi connectivity index (χ0) is 22.1. The number of amides is 1. The molecule has 0 radical (unpaired) electrons. The minimum atomic E-state index is -0.995. The van der Waals surface area contributed by atoms with Gasteiger partial charge >= 0.3 is 5.97 Å². The molecule has 0 bridgehead atoms. The number of anilines is 1. The highest BCUT2D eigenvalue weighted by Crippen LogP contribution is 2.33. The van der Waals surface area contributed by atoms with Gasteiger partial charge in [-0.3, -0.25) is 4.79 Å². The third kappa shape index (κ3) is 5.25. The third-order valence-corrected chi connectivity index (χ3v) is 5.52. The summed E-state index contributed by atoms with van der Waals surface area (Å²) >= 11 is 12.1. The zero-order valence-corrected chi connectivity index (χ0v) is 18.5. The molecule has 1 heterocycles. The van der Waals surface area contributed by atoms with Gasteiger partial charge in [0.05, 0.1) is 5.69 Å². The summed E-state index contributed by atoms with van der Waals surface area (Å²) in [6, 6.07) is 9.33. The Labute approximate surface area is 185 Å². The quantitative estimate of drug-likeness (QED) is 0.623. The fraction of sp³-hybridized carbons (Fsp3) is 0.364. The number of ether oxygens (including phenoxy) is 2. The maximum atomic E-state index is 12.7. The SMILES string of the molecule is CC1Oc2ccc(C(N)C(=O)OC(C)(C)CCc3ccc(Cl)cc3Cl)cc2NC1=O. The molecule has 1 aliphatic heterocycles. The van der Waals surface area contributed by atoms with Gasteiger partial charge in [0.15, 0.2) is 6.10 Å². The second-order valence-corrected chi connectivity index (χ2v) is 8.74. The van der Waals surface area contributed by atoms with Crippen LogP contribution in [-0.4, -0.2) is 23.6 Å². The van der Waals surface area contributed by atoms with Gasteiger partial charge in [-0.05, 0) is 69.0 Å². The first-order valence-electron chi connectivity index (χ1n) is 9.59. The molecule has 8 heteroatoms. The first-order valence-corrected chi connectivity index (χ1v) is 10.4. The number of nitrogens with two attached hydrogens (primary N) is 1. The molecule has 0 saturated carbocycles. The van der Waals surface area contributed by atoms with Gasteiger partial charge in [-0.25, -0.2) is 4.79 Å². The van der Waals surface area contributed by atoms with Gasteiger partial charge in [0.25, 0.3) is 5.91 Å². The van der Waals surface area contributed by atoms with Crippen molar-refractivity contribution < 1.29 is 19.1 Å². The molecule has 0 saturated heterocycles. The van der Waals surface area contributed by atoms with Gasteiger partial charge in [0.2, 0.25) is 0 Å². The van der Waals surface area contributed by atoms with E-state index in [2.05, 4.69) is 5.32 Å². The molecular weight excluding hydrogens is 427 g/mol. The van der Waals surface area contributed by atoms with Crippen molar-refractivity contribution in [3.63, 3.8) is 0 Å². The molecule has 3 rings (SSSR count). The van der Waals surface area contributed by atoms with E-state index in [0.717, 1.165) is 5.56 Å². The number of fused-ring (bicyclic) bond motifs is 1. The minimum Gasteiger partial charge on any atom is -0.479 e. The number of benzene rings is 2. The van der Waals surface area contributed by atoms with E-state index in [1.54, 1.807) is 37.3 Å². The van der Waals surface area contributed by atoms with Crippen LogP contribution in [0.4, 0.5) is 5.69 Å². The molecule has 2 aromatic rings. The number of rotatable bonds is 6. The van der Waals surface area contributed by atoms with Crippen molar-refractivity contribution in [2.75, 3.05) is 5.32 Å². The van der Waals surface area contributed by atoms with Gasteiger partial charge in [-0.2, -0.15) is 0 Å². The lowest BCUT2D eigenvalue weighted by Crippen LogP contribution is -2.35. The number of carbonyl (C=O) groups is 2. The number of hydrogen-bond acceptors (Lipinski definition) is 5. The number of nitrogens with one attached hydrogen (secondary N) is 1. The normalized spacial score (nSPS) is 16.9. The molecule has 0 spiro atoms. The van der Waals surface area contributed by atoms with Gasteiger partial charge < -0.3 is 20.5 Å². The lowest BCUT2D eigenvalue weighted by molar-refractivity contribution is -0.158. The molecule has 160 valence electrons. The van der Waals surface area contributed by atoms with Gasteiger partial charge in [0, 0.05) is 10.0 Å². The summed E-state index contributed by atoms with van der Waals surface area (Å²) in [4.78, 5) is 24.5. The highest BCUT2D eigenvalue weighted by molar-refractivity contribution is 6.35. The van der Waals surface area contributed by atoms with Crippen LogP contribution >= 0.6 is 23.2 Å². The van der Waals surface area contributed by atoms with E-state index in [1.807, 2.05) is 19.9 Å². The monoisotopic (exact) mass is 450 g/mol. The number of hydrogen-bond donors (Lipinski definition) is 2. The molecule has 1 amide bonds. The lowest BCUT2D eigenvalue weighted by atomic mass is 9.98. The van der Waals surface area contributed by atoms with E-state index in [4.69, 9.17) is 38.4 Å². The van der Waals surface area contributed by atoms with Crippen LogP contribution in [0.1, 0.15) is 44.4 Å². The van der Waals surface area contributed by atoms with E-state index in [9.17, 15) is 9.59 Å². The van der Waals surface area contributed by atoms with E-state index in [1.165, 1.54) is 0 Å². The molecule has 2 aromatic carbocycles. The smallest absolute Gasteiger partial charge is 0.328 e. The molecule has 0 aromatic heterocycles. The van der Waals surface area contributed by atoms with Crippen LogP contribution in [0.25, 0.3) is 0 Å². The van der Waals surface area contributed by atoms with Crippen molar-refractivity contribution in [3.05, 3.63) is 57.6 Å². The van der Waals surface area contributed by atoms with Crippen molar-refractivity contribution in [2.24, 2.45) is 5.73 Å². The van der Waals surface area contributed by atoms with Crippen molar-refractivity contribution in [1.29, 1.82) is 0 Å². The maximum Gasteiger partial charge on any atom is 0.328 e. The standard InChI is InChI=1S/C22H24Cl2N2O4/c1-12-20(27)26-17-10-14(5-7-18(17)29-12)19(25)21(28)30-22(2,3)9-8-13-4-6-15(23)11-16(13)24/h4-7,10-12,19H,8-9,25H2,1-3H3,(H,26,27). The van der Waals surface area contributed by atoms with Crippen molar-refractivity contribution in [1.82, 2.24) is 0 Å². The average molecular weight is 451 g/mol. The molecule has 2 unspecified atom stereocenters. The summed E-state index contributed by atoms with van der Waals surface area (Å²) in [5.41, 5.74) is 7.30. The Balaban J connectivity index is 1.64. The van der Waals surface area contributed by atoms with E-state index in [-0.39, 0.29) is 5.91 Å². The largest absolute Gasteiger partial charge is 0.479 e. The van der Waals surface area contributed by atoms with Crippen molar-refractivity contribution >= 4 is 40.8 Å². The van der Waals surface area contributed by atoms with Crippen molar-refractivity contribution in [3.8, 4) is 5.75 Å². The molecule has 2 atom stereocenters. The van der Waals surface area contributed by atoms with Crippen LogP contribution in [0.5, 0.6) is 5.75 Å². The van der Waals surface area contributed by atoms with E-state index < -0.39 is 23.7 Å². The number of halogens is 2. The fourth-order valence-corrected chi connectivity index (χ4v) is 3.61. The molecule has 6 nitrogen and oxygen atoms in total. The van der Waals surface area contributed by atoms with Gasteiger partial charge in [-0.15, -0.1) is 0 Å². The second-order valence-electron chi connectivity index (χ2n) is 7.90. The van der Waals surface area contributed by atoms with Crippen LogP contribution in [-0.2, 0) is 20.7 Å². The summed E-state index contributed by atoms with van der Waals surface area (Å²) in [6.07, 6.45) is 0.599. The Morgan fingerprint density at radius 3 is 2.70 bits per heavy atom. The molecule has 30 heavy (non-hydrogen) atoms. The Bertz CT molecular complexity index is 978. The topological polar surface area (TPSA) is 90.7 Å². The maximum absolute atomic E-state index is 12.7. The molecule has 0 fully saturated rings. The highest BCUT2D eigenvalue weighted by atomic mass is 35.5. The predicted molar refractivity (Wildman–Crippen MR) is 117 cm³/mol. The predicted octanol–water partition coefficient (Wildman–Crippen LogP) is 4.67. The Hall–Kier alpha value is -2.28. The lowest BCUT2D eigenvalue weighted by Gasteiger charge is -2.28. The van der Waals surface area contributed by atoms with Crippen molar-refractivity contribution in [2.45, 2.75) is 51.4 Å². The first kappa shape index (κ1) is 22.4. The van der Waals surface area contributed by atoms with Gasteiger partial charge in [0.1, 0.15) is 17.4 Å². The Morgan fingerprint density at radius 1 is 1.27 bits per heavy atom. The van der Waals surface area contributed by atoms with E-state index >= 15 is 0 Å². The average Bonchev–Trinajstić information content (AvgIpc) is 2.67. The summed E-state index contributed by atoms with van der Waals surface area (Å²) in [7, 11) is 0. The third-order valence-electron chi connectivity index (χ3n) is 4.94. The highest BCUT2D eigenvalue weighted by Gasteiger charge is 2.29. The summed E-state index contributed by atoms with van der Waals surface area (Å²) < 4.78 is 11.2. The summed E-state index contributed by atoms with van der Waals surface area (Å²) in [6.45, 7) is 5.31. The molecule has 0 aliphatic carbocycles. The summed E-state index contributed by atoms with van der Waals surface area (Å²) in [5.74, 6) is -0.275. The van der Waals surface area contributed by atoms with Crippen LogP contribution in [0.3, 0.4) is 0 Å². The summed E-state index contributed by atoms with van der Waals surface area (Å²) in [5, 5.41) is 3.89. The Kier molecular flexibility index (Phi) is 6.60.